The Morgan fingerprint density at radius 2 is 2.14 bits per heavy atom. The molecule has 0 amide bonds. The van der Waals surface area contributed by atoms with Gasteiger partial charge in [-0.15, -0.1) is 6.42 Å². The Kier molecular flexibility index (Phi) is 3.98. The minimum absolute atomic E-state index is 0.293. The molecule has 0 bridgehead atoms. The van der Waals surface area contributed by atoms with Crippen LogP contribution in [0.4, 0.5) is 13.2 Å². The molecule has 1 aliphatic rings. The van der Waals surface area contributed by atoms with E-state index in [4.69, 9.17) is 23.7 Å². The van der Waals surface area contributed by atoms with Crippen LogP contribution in [-0.4, -0.2) is 44.0 Å². The van der Waals surface area contributed by atoms with Crippen LogP contribution in [0.2, 0.25) is 0 Å². The zero-order valence-electron chi connectivity index (χ0n) is 10.2. The summed E-state index contributed by atoms with van der Waals surface area (Å²) in [5.41, 5.74) is -3.07. The third-order valence-corrected chi connectivity index (χ3v) is 3.70. The normalized spacial score (nSPS) is 35.6. The summed E-state index contributed by atoms with van der Waals surface area (Å²) in [5, 5.41) is 18.6. The number of hydrogen-bond donors (Lipinski definition) is 3. The average molecular weight is 338 g/mol. The number of rotatable bonds is 2. The van der Waals surface area contributed by atoms with E-state index in [0.29, 0.717) is 10.8 Å². The van der Waals surface area contributed by atoms with E-state index in [0.717, 1.165) is 0 Å². The summed E-state index contributed by atoms with van der Waals surface area (Å²) < 4.78 is 47.0. The smallest absolute Gasteiger partial charge is 0.264 e. The Balaban J connectivity index is 2.64. The molecule has 2 unspecified atom stereocenters. The number of hydrogen-bond acceptors (Lipinski definition) is 5. The maximum absolute atomic E-state index is 14.7. The van der Waals surface area contributed by atoms with E-state index in [2.05, 4.69) is 21.9 Å². The highest BCUT2D eigenvalue weighted by atomic mass is 32.1. The van der Waals surface area contributed by atoms with Gasteiger partial charge in [0.2, 0.25) is 5.67 Å². The molecule has 0 saturated carbocycles. The predicted octanol–water partition coefficient (Wildman–Crippen LogP) is 1.30. The maximum Gasteiger partial charge on any atom is 0.264 e. The fraction of sp³-hybridized carbons (Fsp3) is 0.455. The van der Waals surface area contributed by atoms with E-state index >= 15 is 0 Å². The van der Waals surface area contributed by atoms with Crippen molar-refractivity contribution in [3.8, 4) is 12.3 Å². The van der Waals surface area contributed by atoms with Gasteiger partial charge in [0.05, 0.1) is 0 Å². The Morgan fingerprint density at radius 3 is 2.67 bits per heavy atom. The second kappa shape index (κ2) is 5.19. The van der Waals surface area contributed by atoms with Crippen LogP contribution >= 0.6 is 24.4 Å². The second-order valence-electron chi connectivity index (χ2n) is 4.37. The number of aromatic nitrogens is 2. The number of ether oxygens (including phenoxy) is 1. The van der Waals surface area contributed by atoms with Crippen LogP contribution in [0.3, 0.4) is 0 Å². The van der Waals surface area contributed by atoms with Gasteiger partial charge in [0.1, 0.15) is 11.2 Å². The Bertz CT molecular complexity index is 731. The van der Waals surface area contributed by atoms with Crippen molar-refractivity contribution >= 4 is 24.4 Å². The topological polar surface area (TPSA) is 70.4 Å². The maximum atomic E-state index is 14.7. The van der Waals surface area contributed by atoms with E-state index < -0.39 is 36.3 Å². The van der Waals surface area contributed by atoms with Gasteiger partial charge < -0.3 is 19.9 Å². The molecule has 5 nitrogen and oxygen atoms in total. The zero-order chi connectivity index (χ0) is 16.0. The van der Waals surface area contributed by atoms with Gasteiger partial charge in [0.25, 0.3) is 5.85 Å². The Morgan fingerprint density at radius 1 is 1.52 bits per heavy atom. The first-order valence-corrected chi connectivity index (χ1v) is 6.34. The number of alkyl halides is 2. The summed E-state index contributed by atoms with van der Waals surface area (Å²) in [4.78, 5) is 2.24. The van der Waals surface area contributed by atoms with Crippen molar-refractivity contribution in [3.05, 3.63) is 21.4 Å². The van der Waals surface area contributed by atoms with Gasteiger partial charge in [-0.05, 0) is 12.2 Å². The Labute approximate surface area is 127 Å². The van der Waals surface area contributed by atoms with Gasteiger partial charge in [-0.1, -0.05) is 18.1 Å². The lowest BCUT2D eigenvalue weighted by atomic mass is 9.96. The number of halogens is 3. The number of aliphatic hydroxyl groups is 2. The van der Waals surface area contributed by atoms with Crippen molar-refractivity contribution in [2.24, 2.45) is 0 Å². The van der Waals surface area contributed by atoms with Crippen molar-refractivity contribution in [1.29, 1.82) is 0 Å². The third kappa shape index (κ3) is 2.31. The third-order valence-electron chi connectivity index (χ3n) is 3.09. The van der Waals surface area contributed by atoms with Gasteiger partial charge in [0.15, 0.2) is 22.9 Å². The van der Waals surface area contributed by atoms with Crippen LogP contribution in [0.5, 0.6) is 0 Å². The monoisotopic (exact) mass is 338 g/mol. The van der Waals surface area contributed by atoms with Crippen molar-refractivity contribution in [2.45, 2.75) is 23.9 Å². The van der Waals surface area contributed by atoms with Gasteiger partial charge in [-0.25, -0.2) is 13.2 Å². The summed E-state index contributed by atoms with van der Waals surface area (Å²) >= 11 is 9.43. The summed E-state index contributed by atoms with van der Waals surface area (Å²) in [5.74, 6) is -2.56. The van der Waals surface area contributed by atoms with E-state index in [1.807, 2.05) is 0 Å². The van der Waals surface area contributed by atoms with Crippen LogP contribution in [0.15, 0.2) is 6.20 Å². The van der Waals surface area contributed by atoms with Gasteiger partial charge in [-0.2, -0.15) is 0 Å². The van der Waals surface area contributed by atoms with Gasteiger partial charge in [0, 0.05) is 6.20 Å². The molecule has 21 heavy (non-hydrogen) atoms. The van der Waals surface area contributed by atoms with Crippen LogP contribution in [-0.2, 0) is 4.74 Å². The van der Waals surface area contributed by atoms with E-state index in [1.54, 1.807) is 5.92 Å². The molecule has 3 N–H and O–H groups in total. The van der Waals surface area contributed by atoms with Crippen LogP contribution in [0.25, 0.3) is 0 Å². The molecular formula is C11H9F3N2O3S2. The van der Waals surface area contributed by atoms with Crippen LogP contribution < -0.4 is 0 Å². The summed E-state index contributed by atoms with van der Waals surface area (Å²) in [6, 6.07) is 0. The quantitative estimate of drug-likeness (QED) is 0.560. The molecule has 1 fully saturated rings. The van der Waals surface area contributed by atoms with E-state index in [9.17, 15) is 18.3 Å². The minimum atomic E-state index is -3.15. The number of aromatic amines is 1. The predicted molar refractivity (Wildman–Crippen MR) is 70.1 cm³/mol. The molecule has 2 heterocycles. The molecule has 1 aromatic rings. The minimum Gasteiger partial charge on any atom is -0.390 e. The second-order valence-corrected chi connectivity index (χ2v) is 5.17. The first-order valence-electron chi connectivity index (χ1n) is 5.53. The molecular weight excluding hydrogens is 329 g/mol. The standard InChI is InChI=1S/C11H9F3N2O3S2/c1-2-10(13)7(18)11(14,4-17)19-8(10)16-3-5(12)6(20)15-9(16)21/h1,3,7-8,17-18H,4H2,(H,15,20,21)/t7?,8-,10?,11-/m1/s1. The molecule has 0 radical (unpaired) electrons. The van der Waals surface area contributed by atoms with Crippen LogP contribution in [0.1, 0.15) is 6.23 Å². The Hall–Kier alpha value is -1.25. The fourth-order valence-electron chi connectivity index (χ4n) is 1.95. The number of aliphatic hydroxyl groups excluding tert-OH is 2. The average Bonchev–Trinajstić information content (AvgIpc) is 2.66. The SMILES string of the molecule is C#CC1(F)C(O)[C@@](F)(CO)O[C@H]1n1cc(F)c(=S)[nH]c1=S. The molecule has 1 aliphatic heterocycles. The highest BCUT2D eigenvalue weighted by molar-refractivity contribution is 7.72. The fourth-order valence-corrected chi connectivity index (χ4v) is 2.42. The molecule has 1 aromatic heterocycles. The van der Waals surface area contributed by atoms with E-state index in [-0.39, 0.29) is 9.41 Å². The van der Waals surface area contributed by atoms with Crippen molar-refractivity contribution in [3.63, 3.8) is 0 Å². The lowest BCUT2D eigenvalue weighted by molar-refractivity contribution is -0.207. The molecule has 4 atom stereocenters. The molecule has 2 rings (SSSR count). The molecule has 10 heteroatoms. The van der Waals surface area contributed by atoms with Crippen molar-refractivity contribution in [1.82, 2.24) is 9.55 Å². The number of H-pyrrole nitrogens is 1. The van der Waals surface area contributed by atoms with Crippen molar-refractivity contribution in [2.75, 3.05) is 6.61 Å². The molecule has 0 spiro atoms. The lowest BCUT2D eigenvalue weighted by Gasteiger charge is -2.24. The summed E-state index contributed by atoms with van der Waals surface area (Å²) in [6.45, 7) is -1.35. The van der Waals surface area contributed by atoms with Gasteiger partial charge >= 0.3 is 0 Å². The summed E-state index contributed by atoms with van der Waals surface area (Å²) in [6.07, 6.45) is 1.20. The van der Waals surface area contributed by atoms with Gasteiger partial charge in [-0.3, -0.25) is 4.57 Å². The number of nitrogens with one attached hydrogen (secondary N) is 1. The highest BCUT2D eigenvalue weighted by Crippen LogP contribution is 2.47. The largest absolute Gasteiger partial charge is 0.390 e. The molecule has 0 aromatic carbocycles. The molecule has 1 saturated heterocycles. The van der Waals surface area contributed by atoms with Crippen LogP contribution in [0, 0.1) is 27.6 Å². The van der Waals surface area contributed by atoms with Crippen molar-refractivity contribution < 1.29 is 28.1 Å². The van der Waals surface area contributed by atoms with E-state index in [1.165, 1.54) is 0 Å². The first-order chi connectivity index (χ1) is 9.69. The summed E-state index contributed by atoms with van der Waals surface area (Å²) in [7, 11) is 0. The number of terminal acetylenes is 1. The number of nitrogens with zero attached hydrogens (tertiary/aromatic N) is 1. The zero-order valence-corrected chi connectivity index (χ0v) is 11.8. The first kappa shape index (κ1) is 16.1. The lowest BCUT2D eigenvalue weighted by Crippen LogP contribution is -2.47. The molecule has 0 aliphatic carbocycles. The molecule has 114 valence electrons. The highest BCUT2D eigenvalue weighted by Gasteiger charge is 2.66.